The van der Waals surface area contributed by atoms with Gasteiger partial charge in [-0.15, -0.1) is 0 Å². The maximum atomic E-state index is 5.23. The Morgan fingerprint density at radius 2 is 1.10 bits per heavy atom. The molecule has 0 saturated carbocycles. The first kappa shape index (κ1) is 34.0. The largest absolute Gasteiger partial charge is 0.256 e. The molecule has 0 unspecified atom stereocenters. The Morgan fingerprint density at radius 3 is 1.54 bits per heavy atom. The van der Waals surface area contributed by atoms with E-state index in [1.165, 1.54) is 43.2 Å². The first-order chi connectivity index (χ1) is 18.3. The second kappa shape index (κ2) is 10.9. The fourth-order valence-electron chi connectivity index (χ4n) is 5.16. The van der Waals surface area contributed by atoms with Crippen molar-refractivity contribution in [2.45, 2.75) is 68.7 Å². The van der Waals surface area contributed by atoms with Gasteiger partial charge < -0.3 is 0 Å². The zero-order valence-corrected chi connectivity index (χ0v) is 31.0. The van der Waals surface area contributed by atoms with E-state index in [0.717, 1.165) is 5.69 Å². The van der Waals surface area contributed by atoms with E-state index in [9.17, 15) is 0 Å². The molecule has 0 fully saturated rings. The highest BCUT2D eigenvalue weighted by Gasteiger charge is 2.42. The third-order valence-electron chi connectivity index (χ3n) is 10.1. The van der Waals surface area contributed by atoms with Crippen molar-refractivity contribution in [1.82, 2.24) is 4.98 Å². The Bertz CT molecular complexity index is 1420. The molecule has 0 saturated heterocycles. The minimum Gasteiger partial charge on any atom is -0.256 e. The summed E-state index contributed by atoms with van der Waals surface area (Å²) in [6, 6.07) is 16.7. The molecule has 7 heteroatoms. The Labute approximate surface area is 260 Å². The first-order valence-electron chi connectivity index (χ1n) is 14.9. The standard InChI is InChI=1S/C34H55B4NS2/c1-22-18-30(41(11,12)13)26(23-14-16-24(17-15-23)40(8,9)10)19-25(22)29-20-27(33(35,36)31(2,3)4)28(21-39-29)34(37,38)32(5,6)7/h14-21H,35-38H2,1-13H3. The maximum absolute atomic E-state index is 5.23. The molecule has 0 radical (unpaired) electrons. The second-order valence-corrected chi connectivity index (χ2v) is 25.0. The summed E-state index contributed by atoms with van der Waals surface area (Å²) in [5.41, 5.74) is 9.24. The van der Waals surface area contributed by atoms with Crippen molar-refractivity contribution in [3.63, 3.8) is 0 Å². The summed E-state index contributed by atoms with van der Waals surface area (Å²) in [7, 11) is 7.89. The monoisotopic (exact) mass is 585 g/mol. The van der Waals surface area contributed by atoms with E-state index in [-0.39, 0.29) is 21.3 Å². The lowest BCUT2D eigenvalue weighted by molar-refractivity contribution is 0.335. The van der Waals surface area contributed by atoms with E-state index in [4.69, 9.17) is 4.98 Å². The predicted octanol–water partition coefficient (Wildman–Crippen LogP) is 5.76. The number of hydrogen-bond acceptors (Lipinski definition) is 1. The van der Waals surface area contributed by atoms with Crippen LogP contribution in [-0.4, -0.2) is 73.9 Å². The number of aryl methyl sites for hydroxylation is 1. The van der Waals surface area contributed by atoms with Crippen LogP contribution in [-0.2, 0) is 10.4 Å². The van der Waals surface area contributed by atoms with E-state index in [1.54, 1.807) is 0 Å². The fraction of sp³-hybridized carbons (Fsp3) is 0.500. The minimum atomic E-state index is -0.950. The molecule has 220 valence electrons. The predicted molar refractivity (Wildman–Crippen MR) is 204 cm³/mol. The highest BCUT2D eigenvalue weighted by Crippen LogP contribution is 2.53. The van der Waals surface area contributed by atoms with Gasteiger partial charge in [0.25, 0.3) is 0 Å². The number of rotatable bonds is 6. The summed E-state index contributed by atoms with van der Waals surface area (Å²) in [5, 5.41) is -0.0767. The van der Waals surface area contributed by atoms with Crippen molar-refractivity contribution >= 4 is 51.4 Å². The molecule has 1 nitrogen and oxygen atoms in total. The van der Waals surface area contributed by atoms with Gasteiger partial charge in [-0.05, 0) is 118 Å². The Kier molecular flexibility index (Phi) is 9.07. The average molecular weight is 585 g/mol. The molecule has 1 heterocycles. The van der Waals surface area contributed by atoms with Gasteiger partial charge in [-0.25, -0.2) is 20.1 Å². The number of hydrogen-bond donors (Lipinski definition) is 0. The van der Waals surface area contributed by atoms with Crippen LogP contribution < -0.4 is 0 Å². The van der Waals surface area contributed by atoms with E-state index in [0.29, 0.717) is 0 Å². The van der Waals surface area contributed by atoms with E-state index < -0.39 is 20.1 Å². The molecule has 0 aliphatic heterocycles. The molecule has 0 spiro atoms. The summed E-state index contributed by atoms with van der Waals surface area (Å²) in [6.45, 7) is 16.4. The van der Waals surface area contributed by atoms with Gasteiger partial charge in [-0.3, -0.25) is 4.98 Å². The fourth-order valence-corrected chi connectivity index (χ4v) is 7.48. The molecule has 0 aliphatic rings. The van der Waals surface area contributed by atoms with E-state index >= 15 is 0 Å². The number of benzene rings is 2. The van der Waals surface area contributed by atoms with Gasteiger partial charge in [-0.2, -0.15) is 0 Å². The summed E-state index contributed by atoms with van der Waals surface area (Å²) < 4.78 is 0. The topological polar surface area (TPSA) is 12.9 Å². The SMILES string of the molecule is BC(B)(c1cnc(-c2cc(-c3ccc(S(C)(C)C)cc3)c(S(C)(C)C)cc2C)cc1C(B)(B)C(C)(C)C)C(C)(C)C. The van der Waals surface area contributed by atoms with Crippen LogP contribution in [0.25, 0.3) is 22.4 Å². The highest BCUT2D eigenvalue weighted by atomic mass is 32.3. The Hall–Kier alpha value is -1.45. The normalized spacial score (nSPS) is 14.7. The molecule has 2 aromatic carbocycles. The second-order valence-electron chi connectivity index (χ2n) is 16.7. The van der Waals surface area contributed by atoms with Crippen LogP contribution >= 0.6 is 20.1 Å². The average Bonchev–Trinajstić information content (AvgIpc) is 2.81. The molecule has 0 aliphatic carbocycles. The van der Waals surface area contributed by atoms with Gasteiger partial charge in [0.15, 0.2) is 0 Å². The van der Waals surface area contributed by atoms with Crippen molar-refractivity contribution in [3.8, 4) is 22.4 Å². The molecule has 3 rings (SSSR count). The van der Waals surface area contributed by atoms with Gasteiger partial charge in [-0.1, -0.05) is 69.7 Å². The van der Waals surface area contributed by atoms with E-state index in [1.807, 2.05) is 0 Å². The van der Waals surface area contributed by atoms with Crippen LogP contribution in [0.5, 0.6) is 0 Å². The summed E-state index contributed by atoms with van der Waals surface area (Å²) in [4.78, 5) is 8.15. The molecular weight excluding hydrogens is 530 g/mol. The molecule has 0 atom stereocenters. The molecule has 0 amide bonds. The van der Waals surface area contributed by atoms with Crippen LogP contribution in [0.1, 0.15) is 58.2 Å². The van der Waals surface area contributed by atoms with Crippen LogP contribution in [0.15, 0.2) is 58.5 Å². The maximum Gasteiger partial charge on any atom is 0.105 e. The number of pyridine rings is 1. The van der Waals surface area contributed by atoms with Crippen molar-refractivity contribution < 1.29 is 0 Å². The minimum absolute atomic E-state index is 0.0349. The van der Waals surface area contributed by atoms with E-state index in [2.05, 4.69) is 166 Å². The zero-order valence-electron chi connectivity index (χ0n) is 29.4. The van der Waals surface area contributed by atoms with Crippen LogP contribution in [0.3, 0.4) is 0 Å². The summed E-state index contributed by atoms with van der Waals surface area (Å²) >= 11 is 0. The summed E-state index contributed by atoms with van der Waals surface area (Å²) in [5.74, 6) is 0. The van der Waals surface area contributed by atoms with Gasteiger partial charge in [0.1, 0.15) is 31.4 Å². The third kappa shape index (κ3) is 6.72. The quantitative estimate of drug-likeness (QED) is 0.336. The zero-order chi connectivity index (χ0) is 31.6. The molecule has 0 bridgehead atoms. The number of aromatic nitrogens is 1. The summed E-state index contributed by atoms with van der Waals surface area (Å²) in [6.07, 6.45) is 16.5. The first-order valence-corrected chi connectivity index (χ1v) is 20.6. The number of nitrogens with zero attached hydrogens (tertiary/aromatic N) is 1. The smallest absolute Gasteiger partial charge is 0.105 e. The lowest BCUT2D eigenvalue weighted by atomic mass is 9.35. The van der Waals surface area contributed by atoms with Crippen molar-refractivity contribution in [2.24, 2.45) is 10.8 Å². The van der Waals surface area contributed by atoms with Gasteiger partial charge >= 0.3 is 0 Å². The van der Waals surface area contributed by atoms with Crippen molar-refractivity contribution in [2.75, 3.05) is 37.5 Å². The molecule has 0 N–H and O–H groups in total. The Morgan fingerprint density at radius 1 is 0.610 bits per heavy atom. The van der Waals surface area contributed by atoms with Crippen LogP contribution in [0.2, 0.25) is 0 Å². The third-order valence-corrected chi connectivity index (χ3v) is 13.5. The molecular formula is C34H55B4NS2. The van der Waals surface area contributed by atoms with Crippen molar-refractivity contribution in [1.29, 1.82) is 0 Å². The van der Waals surface area contributed by atoms with Crippen molar-refractivity contribution in [3.05, 3.63) is 65.4 Å². The Balaban J connectivity index is 2.36. The van der Waals surface area contributed by atoms with Crippen LogP contribution in [0.4, 0.5) is 0 Å². The lowest BCUT2D eigenvalue weighted by Gasteiger charge is -2.47. The van der Waals surface area contributed by atoms with Gasteiger partial charge in [0.05, 0.1) is 5.69 Å². The molecule has 1 aromatic heterocycles. The van der Waals surface area contributed by atoms with Gasteiger partial charge in [0.2, 0.25) is 0 Å². The van der Waals surface area contributed by atoms with Crippen LogP contribution in [0, 0.1) is 17.8 Å². The molecule has 3 aromatic rings. The van der Waals surface area contributed by atoms with Gasteiger partial charge in [0, 0.05) is 11.8 Å². The highest BCUT2D eigenvalue weighted by molar-refractivity contribution is 8.32. The molecule has 41 heavy (non-hydrogen) atoms. The lowest BCUT2D eigenvalue weighted by Crippen LogP contribution is -2.47.